The molecular formula is C21H14F6N2O2. The Bertz CT molecular complexity index is 1280. The minimum absolute atomic E-state index is 0.192. The zero-order valence-corrected chi connectivity index (χ0v) is 15.8. The fourth-order valence-electron chi connectivity index (χ4n) is 2.83. The van der Waals surface area contributed by atoms with Crippen LogP contribution >= 0.6 is 0 Å². The summed E-state index contributed by atoms with van der Waals surface area (Å²) in [6.45, 7) is 0. The number of rotatable bonds is 1. The molecule has 4 nitrogen and oxygen atoms in total. The van der Waals surface area contributed by atoms with E-state index in [1.165, 1.54) is 37.7 Å². The molecule has 0 fully saturated rings. The summed E-state index contributed by atoms with van der Waals surface area (Å²) in [5, 5.41) is 0.823. The first-order chi connectivity index (χ1) is 14.5. The summed E-state index contributed by atoms with van der Waals surface area (Å²) in [4.78, 5) is 17.7. The van der Waals surface area contributed by atoms with Crippen LogP contribution in [0.5, 0.6) is 5.75 Å². The van der Waals surface area contributed by atoms with Gasteiger partial charge in [0.1, 0.15) is 5.75 Å². The molecule has 0 radical (unpaired) electrons. The molecule has 0 atom stereocenters. The number of fused-ring (bicyclic) bond motifs is 2. The minimum atomic E-state index is -4.39. The summed E-state index contributed by atoms with van der Waals surface area (Å²) < 4.78 is 79.3. The second kappa shape index (κ2) is 8.29. The van der Waals surface area contributed by atoms with Crippen molar-refractivity contribution in [1.82, 2.24) is 9.97 Å². The lowest BCUT2D eigenvalue weighted by atomic mass is 10.1. The monoisotopic (exact) mass is 440 g/mol. The number of nitrogens with one attached hydrogen (secondary N) is 1. The van der Waals surface area contributed by atoms with Gasteiger partial charge in [-0.3, -0.25) is 9.78 Å². The van der Waals surface area contributed by atoms with Gasteiger partial charge in [0.2, 0.25) is 0 Å². The lowest BCUT2D eigenvalue weighted by Gasteiger charge is -2.09. The van der Waals surface area contributed by atoms with E-state index in [1.807, 2.05) is 0 Å². The molecule has 0 aliphatic heterocycles. The predicted molar refractivity (Wildman–Crippen MR) is 103 cm³/mol. The molecule has 31 heavy (non-hydrogen) atoms. The molecular weight excluding hydrogens is 426 g/mol. The minimum Gasteiger partial charge on any atom is -0.496 e. The highest BCUT2D eigenvalue weighted by Crippen LogP contribution is 2.33. The molecule has 2 aromatic heterocycles. The van der Waals surface area contributed by atoms with Gasteiger partial charge in [-0.2, -0.15) is 26.3 Å². The Kier molecular flexibility index (Phi) is 5.92. The van der Waals surface area contributed by atoms with Crippen molar-refractivity contribution in [3.05, 3.63) is 82.3 Å². The van der Waals surface area contributed by atoms with Crippen LogP contribution in [0.25, 0.3) is 21.8 Å². The molecule has 1 N–H and O–H groups in total. The SMILES string of the molecule is COc1ccnc2cc(C(F)(F)F)ccc12.O=c1cc[nH]c2cc(C(F)(F)F)ccc12. The van der Waals surface area contributed by atoms with E-state index in [2.05, 4.69) is 9.97 Å². The molecule has 10 heteroatoms. The first-order valence-corrected chi connectivity index (χ1v) is 8.69. The van der Waals surface area contributed by atoms with Crippen LogP contribution in [-0.4, -0.2) is 17.1 Å². The molecule has 162 valence electrons. The Morgan fingerprint density at radius 2 is 1.45 bits per heavy atom. The molecule has 0 aliphatic carbocycles. The van der Waals surface area contributed by atoms with Crippen LogP contribution in [0.15, 0.2) is 65.7 Å². The fourth-order valence-corrected chi connectivity index (χ4v) is 2.83. The second-order valence-corrected chi connectivity index (χ2v) is 6.34. The van der Waals surface area contributed by atoms with E-state index in [4.69, 9.17) is 4.74 Å². The van der Waals surface area contributed by atoms with E-state index in [9.17, 15) is 31.1 Å². The summed E-state index contributed by atoms with van der Waals surface area (Å²) in [5.41, 5.74) is -1.30. The standard InChI is InChI=1S/C11H8F3NO.C10H6F3NO/c1-16-10-4-5-15-9-6-7(11(12,13)14)2-3-8(9)10;11-10(12,13)6-1-2-7-8(5-6)14-4-3-9(7)15/h2-6H,1H3;1-5H,(H,14,15). The van der Waals surface area contributed by atoms with Gasteiger partial charge in [-0.05, 0) is 42.5 Å². The third-order valence-corrected chi connectivity index (χ3v) is 4.34. The number of methoxy groups -OCH3 is 1. The van der Waals surface area contributed by atoms with Crippen LogP contribution in [0, 0.1) is 0 Å². The molecule has 0 amide bonds. The first-order valence-electron chi connectivity index (χ1n) is 8.69. The summed E-state index contributed by atoms with van der Waals surface area (Å²) in [6.07, 6.45) is -5.99. The van der Waals surface area contributed by atoms with Crippen LogP contribution in [0.3, 0.4) is 0 Å². The normalized spacial score (nSPS) is 11.8. The van der Waals surface area contributed by atoms with Crippen LogP contribution < -0.4 is 10.2 Å². The van der Waals surface area contributed by atoms with Gasteiger partial charge in [-0.1, -0.05) is 0 Å². The number of benzene rings is 2. The van der Waals surface area contributed by atoms with Crippen LogP contribution in [0.2, 0.25) is 0 Å². The van der Waals surface area contributed by atoms with E-state index in [0.29, 0.717) is 11.1 Å². The van der Waals surface area contributed by atoms with Crippen molar-refractivity contribution in [2.24, 2.45) is 0 Å². The van der Waals surface area contributed by atoms with Crippen molar-refractivity contribution in [1.29, 1.82) is 0 Å². The number of hydrogen-bond acceptors (Lipinski definition) is 3. The van der Waals surface area contributed by atoms with Crippen molar-refractivity contribution in [3.63, 3.8) is 0 Å². The van der Waals surface area contributed by atoms with Crippen molar-refractivity contribution < 1.29 is 31.1 Å². The van der Waals surface area contributed by atoms with Crippen molar-refractivity contribution in [2.75, 3.05) is 7.11 Å². The zero-order valence-electron chi connectivity index (χ0n) is 15.8. The smallest absolute Gasteiger partial charge is 0.416 e. The summed E-state index contributed by atoms with van der Waals surface area (Å²) in [7, 11) is 1.46. The molecule has 2 heterocycles. The van der Waals surface area contributed by atoms with Crippen LogP contribution in [0.4, 0.5) is 26.3 Å². The van der Waals surface area contributed by atoms with E-state index < -0.39 is 23.5 Å². The highest BCUT2D eigenvalue weighted by molar-refractivity contribution is 5.85. The van der Waals surface area contributed by atoms with Crippen molar-refractivity contribution in [3.8, 4) is 5.75 Å². The maximum Gasteiger partial charge on any atom is 0.416 e. The topological polar surface area (TPSA) is 55.0 Å². The summed E-state index contributed by atoms with van der Waals surface area (Å²) in [6, 6.07) is 9.28. The number of H-pyrrole nitrogens is 1. The number of alkyl halides is 6. The fraction of sp³-hybridized carbons (Fsp3) is 0.143. The quantitative estimate of drug-likeness (QED) is 0.380. The van der Waals surface area contributed by atoms with Gasteiger partial charge in [-0.15, -0.1) is 0 Å². The second-order valence-electron chi connectivity index (χ2n) is 6.34. The Balaban J connectivity index is 0.000000176. The van der Waals surface area contributed by atoms with Gasteiger partial charge in [0, 0.05) is 34.7 Å². The molecule has 2 aromatic carbocycles. The van der Waals surface area contributed by atoms with Crippen molar-refractivity contribution >= 4 is 21.8 Å². The third-order valence-electron chi connectivity index (χ3n) is 4.34. The molecule has 4 aromatic rings. The Morgan fingerprint density at radius 3 is 2.06 bits per heavy atom. The van der Waals surface area contributed by atoms with Gasteiger partial charge in [-0.25, -0.2) is 0 Å². The third kappa shape index (κ3) is 4.96. The molecule has 0 saturated heterocycles. The Labute approximate surface area is 171 Å². The molecule has 0 unspecified atom stereocenters. The van der Waals surface area contributed by atoms with E-state index in [-0.39, 0.29) is 21.8 Å². The Hall–Kier alpha value is -3.56. The van der Waals surface area contributed by atoms with Crippen LogP contribution in [0.1, 0.15) is 11.1 Å². The predicted octanol–water partition coefficient (Wildman–Crippen LogP) is 5.81. The number of aromatic nitrogens is 2. The molecule has 0 saturated carbocycles. The first kappa shape index (κ1) is 22.1. The van der Waals surface area contributed by atoms with Gasteiger partial charge < -0.3 is 9.72 Å². The van der Waals surface area contributed by atoms with Crippen molar-refractivity contribution in [2.45, 2.75) is 12.4 Å². The van der Waals surface area contributed by atoms with Gasteiger partial charge >= 0.3 is 12.4 Å². The number of aromatic amines is 1. The average Bonchev–Trinajstić information content (AvgIpc) is 2.72. The number of hydrogen-bond donors (Lipinski definition) is 1. The van der Waals surface area contributed by atoms with Gasteiger partial charge in [0.25, 0.3) is 0 Å². The Morgan fingerprint density at radius 1 is 0.839 bits per heavy atom. The lowest BCUT2D eigenvalue weighted by Crippen LogP contribution is -2.06. The number of halogens is 6. The average molecular weight is 440 g/mol. The van der Waals surface area contributed by atoms with Gasteiger partial charge in [0.05, 0.1) is 23.8 Å². The number of pyridine rings is 2. The lowest BCUT2D eigenvalue weighted by molar-refractivity contribution is -0.138. The largest absolute Gasteiger partial charge is 0.496 e. The zero-order chi connectivity index (χ0) is 22.8. The highest BCUT2D eigenvalue weighted by Gasteiger charge is 2.31. The van der Waals surface area contributed by atoms with Crippen LogP contribution in [-0.2, 0) is 12.4 Å². The summed E-state index contributed by atoms with van der Waals surface area (Å²) in [5.74, 6) is 0.513. The van der Waals surface area contributed by atoms with E-state index in [0.717, 1.165) is 24.3 Å². The van der Waals surface area contributed by atoms with E-state index in [1.54, 1.807) is 6.07 Å². The number of nitrogens with zero attached hydrogens (tertiary/aromatic N) is 1. The molecule has 0 bridgehead atoms. The van der Waals surface area contributed by atoms with Gasteiger partial charge in [0.15, 0.2) is 5.43 Å². The molecule has 0 aliphatic rings. The van der Waals surface area contributed by atoms with E-state index >= 15 is 0 Å². The summed E-state index contributed by atoms with van der Waals surface area (Å²) >= 11 is 0. The molecule has 0 spiro atoms. The highest BCUT2D eigenvalue weighted by atomic mass is 19.4. The maximum absolute atomic E-state index is 12.4. The number of ether oxygens (including phenoxy) is 1. The maximum atomic E-state index is 12.4. The molecule has 4 rings (SSSR count).